The van der Waals surface area contributed by atoms with Gasteiger partial charge in [-0.25, -0.2) is 0 Å². The molecule has 0 spiro atoms. The molecule has 1 aromatic carbocycles. The Bertz CT molecular complexity index is 479. The molecule has 1 aliphatic rings. The SMILES string of the molecule is CC(C(=O)NCc1ccc(OCCN(C)C)cc1)C1CNC1.Cl.Cl. The normalized spacial score (nSPS) is 14.8. The summed E-state index contributed by atoms with van der Waals surface area (Å²) in [5, 5.41) is 6.21. The lowest BCUT2D eigenvalue weighted by molar-refractivity contribution is -0.126. The first-order valence-corrected chi connectivity index (χ1v) is 7.91. The zero-order valence-electron chi connectivity index (χ0n) is 14.6. The van der Waals surface area contributed by atoms with Crippen LogP contribution in [0.2, 0.25) is 0 Å². The molecule has 1 atom stereocenters. The van der Waals surface area contributed by atoms with Crippen LogP contribution in [0.15, 0.2) is 24.3 Å². The van der Waals surface area contributed by atoms with Gasteiger partial charge in [-0.1, -0.05) is 19.1 Å². The maximum atomic E-state index is 12.1. The highest BCUT2D eigenvalue weighted by molar-refractivity contribution is 5.85. The Labute approximate surface area is 157 Å². The number of nitrogens with zero attached hydrogens (tertiary/aromatic N) is 1. The minimum absolute atomic E-state index is 0. The molecule has 1 fully saturated rings. The lowest BCUT2D eigenvalue weighted by atomic mass is 9.88. The number of benzene rings is 1. The van der Waals surface area contributed by atoms with Crippen molar-refractivity contribution in [1.29, 1.82) is 0 Å². The first-order chi connectivity index (χ1) is 10.6. The van der Waals surface area contributed by atoms with E-state index in [-0.39, 0.29) is 36.6 Å². The summed E-state index contributed by atoms with van der Waals surface area (Å²) in [7, 11) is 4.05. The highest BCUT2D eigenvalue weighted by atomic mass is 35.5. The third kappa shape index (κ3) is 7.26. The molecular formula is C17H29Cl2N3O2. The standard InChI is InChI=1S/C17H27N3O2.2ClH/c1-13(15-11-18-12-15)17(21)19-10-14-4-6-16(7-5-14)22-9-8-20(2)3;;/h4-7,13,15,18H,8-12H2,1-3H3,(H,19,21);2*1H. The van der Waals surface area contributed by atoms with Crippen molar-refractivity contribution >= 4 is 30.7 Å². The lowest BCUT2D eigenvalue weighted by Crippen LogP contribution is -2.49. The number of nitrogens with one attached hydrogen (secondary N) is 2. The van der Waals surface area contributed by atoms with Gasteiger partial charge in [0, 0.05) is 19.0 Å². The number of carbonyl (C=O) groups excluding carboxylic acids is 1. The van der Waals surface area contributed by atoms with Gasteiger partial charge >= 0.3 is 0 Å². The van der Waals surface area contributed by atoms with Crippen molar-refractivity contribution in [1.82, 2.24) is 15.5 Å². The fraction of sp³-hybridized carbons (Fsp3) is 0.588. The largest absolute Gasteiger partial charge is 0.492 e. The Morgan fingerprint density at radius 3 is 2.42 bits per heavy atom. The zero-order valence-corrected chi connectivity index (χ0v) is 16.2. The van der Waals surface area contributed by atoms with E-state index >= 15 is 0 Å². The zero-order chi connectivity index (χ0) is 15.9. The molecule has 1 amide bonds. The number of carbonyl (C=O) groups is 1. The molecule has 0 aliphatic carbocycles. The molecule has 7 heteroatoms. The van der Waals surface area contributed by atoms with Gasteiger partial charge in [-0.05, 0) is 50.8 Å². The summed E-state index contributed by atoms with van der Waals surface area (Å²) in [6.07, 6.45) is 0. The average Bonchev–Trinajstić information content (AvgIpc) is 2.44. The quantitative estimate of drug-likeness (QED) is 0.726. The van der Waals surface area contributed by atoms with Crippen LogP contribution in [0.25, 0.3) is 0 Å². The van der Waals surface area contributed by atoms with Crippen LogP contribution in [-0.4, -0.2) is 51.1 Å². The number of hydrogen-bond donors (Lipinski definition) is 2. The molecule has 2 N–H and O–H groups in total. The fourth-order valence-electron chi connectivity index (χ4n) is 2.28. The van der Waals surface area contributed by atoms with E-state index in [0.717, 1.165) is 30.9 Å². The predicted molar refractivity (Wildman–Crippen MR) is 102 cm³/mol. The molecule has 1 aliphatic heterocycles. The summed E-state index contributed by atoms with van der Waals surface area (Å²) < 4.78 is 5.65. The van der Waals surface area contributed by atoms with E-state index in [1.807, 2.05) is 45.3 Å². The van der Waals surface area contributed by atoms with Gasteiger partial charge in [0.25, 0.3) is 0 Å². The number of ether oxygens (including phenoxy) is 1. The third-order valence-corrected chi connectivity index (χ3v) is 4.13. The Balaban J connectivity index is 0.00000264. The number of likely N-dealkylation sites (N-methyl/N-ethyl adjacent to an activating group) is 1. The highest BCUT2D eigenvalue weighted by Crippen LogP contribution is 2.16. The van der Waals surface area contributed by atoms with Crippen molar-refractivity contribution < 1.29 is 9.53 Å². The van der Waals surface area contributed by atoms with Gasteiger partial charge in [0.2, 0.25) is 5.91 Å². The van der Waals surface area contributed by atoms with Crippen LogP contribution in [0.4, 0.5) is 0 Å². The minimum atomic E-state index is 0. The summed E-state index contributed by atoms with van der Waals surface area (Å²) in [5.41, 5.74) is 1.09. The van der Waals surface area contributed by atoms with Crippen LogP contribution >= 0.6 is 24.8 Å². The van der Waals surface area contributed by atoms with E-state index in [0.29, 0.717) is 19.1 Å². The second kappa shape index (κ2) is 11.5. The van der Waals surface area contributed by atoms with Crippen molar-refractivity contribution in [3.8, 4) is 5.75 Å². The van der Waals surface area contributed by atoms with Crippen LogP contribution in [0.5, 0.6) is 5.75 Å². The molecule has 0 aromatic heterocycles. The molecule has 0 saturated carbocycles. The summed E-state index contributed by atoms with van der Waals surface area (Å²) >= 11 is 0. The van der Waals surface area contributed by atoms with Crippen LogP contribution in [-0.2, 0) is 11.3 Å². The van der Waals surface area contributed by atoms with Gasteiger partial charge in [0.15, 0.2) is 0 Å². The van der Waals surface area contributed by atoms with E-state index in [2.05, 4.69) is 15.5 Å². The smallest absolute Gasteiger partial charge is 0.223 e. The number of rotatable bonds is 8. The topological polar surface area (TPSA) is 53.6 Å². The molecule has 2 rings (SSSR count). The van der Waals surface area contributed by atoms with Gasteiger partial charge < -0.3 is 20.3 Å². The molecule has 1 heterocycles. The van der Waals surface area contributed by atoms with E-state index < -0.39 is 0 Å². The van der Waals surface area contributed by atoms with E-state index in [1.165, 1.54) is 0 Å². The second-order valence-electron chi connectivity index (χ2n) is 6.22. The molecule has 138 valence electrons. The maximum Gasteiger partial charge on any atom is 0.223 e. The van der Waals surface area contributed by atoms with E-state index in [9.17, 15) is 4.79 Å². The molecule has 5 nitrogen and oxygen atoms in total. The van der Waals surface area contributed by atoms with Gasteiger partial charge in [0.1, 0.15) is 12.4 Å². The minimum Gasteiger partial charge on any atom is -0.492 e. The summed E-state index contributed by atoms with van der Waals surface area (Å²) in [4.78, 5) is 14.1. The average molecular weight is 378 g/mol. The van der Waals surface area contributed by atoms with Gasteiger partial charge in [-0.2, -0.15) is 0 Å². The van der Waals surface area contributed by atoms with Crippen LogP contribution in [0, 0.1) is 11.8 Å². The summed E-state index contributed by atoms with van der Waals surface area (Å²) in [6, 6.07) is 7.91. The Hall–Kier alpha value is -1.01. The molecule has 1 saturated heterocycles. The van der Waals surface area contributed by atoms with Crippen molar-refractivity contribution in [2.45, 2.75) is 13.5 Å². The molecule has 24 heavy (non-hydrogen) atoms. The first kappa shape index (κ1) is 23.0. The number of amides is 1. The summed E-state index contributed by atoms with van der Waals surface area (Å²) in [5.74, 6) is 1.56. The van der Waals surface area contributed by atoms with Crippen LogP contribution < -0.4 is 15.4 Å². The molecule has 0 bridgehead atoms. The van der Waals surface area contributed by atoms with Crippen molar-refractivity contribution in [3.63, 3.8) is 0 Å². The first-order valence-electron chi connectivity index (χ1n) is 7.91. The Kier molecular flexibility index (Phi) is 11.0. The number of hydrogen-bond acceptors (Lipinski definition) is 4. The predicted octanol–water partition coefficient (Wildman–Crippen LogP) is 1.94. The molecular weight excluding hydrogens is 349 g/mol. The van der Waals surface area contributed by atoms with E-state index in [1.54, 1.807) is 0 Å². The Morgan fingerprint density at radius 1 is 1.29 bits per heavy atom. The Morgan fingerprint density at radius 2 is 1.92 bits per heavy atom. The molecule has 0 radical (unpaired) electrons. The van der Waals surface area contributed by atoms with Crippen molar-refractivity contribution in [2.24, 2.45) is 11.8 Å². The van der Waals surface area contributed by atoms with E-state index in [4.69, 9.17) is 4.74 Å². The van der Waals surface area contributed by atoms with Crippen molar-refractivity contribution in [2.75, 3.05) is 40.3 Å². The number of halogens is 2. The van der Waals surface area contributed by atoms with Crippen LogP contribution in [0.3, 0.4) is 0 Å². The molecule has 1 aromatic rings. The summed E-state index contributed by atoms with van der Waals surface area (Å²) in [6.45, 7) is 6.05. The highest BCUT2D eigenvalue weighted by Gasteiger charge is 2.28. The van der Waals surface area contributed by atoms with Crippen LogP contribution in [0.1, 0.15) is 12.5 Å². The monoisotopic (exact) mass is 377 g/mol. The van der Waals surface area contributed by atoms with Gasteiger partial charge in [-0.3, -0.25) is 4.79 Å². The second-order valence-corrected chi connectivity index (χ2v) is 6.22. The molecule has 1 unspecified atom stereocenters. The lowest BCUT2D eigenvalue weighted by Gasteiger charge is -2.31. The third-order valence-electron chi connectivity index (χ3n) is 4.13. The fourth-order valence-corrected chi connectivity index (χ4v) is 2.28. The van der Waals surface area contributed by atoms with Gasteiger partial charge in [-0.15, -0.1) is 24.8 Å². The van der Waals surface area contributed by atoms with Crippen molar-refractivity contribution in [3.05, 3.63) is 29.8 Å². The maximum absolute atomic E-state index is 12.1. The van der Waals surface area contributed by atoms with Gasteiger partial charge in [0.05, 0.1) is 0 Å².